The van der Waals surface area contributed by atoms with Crippen LogP contribution in [0.15, 0.2) is 59.2 Å². The molecular formula is C22H18ClN7. The molecule has 0 saturated heterocycles. The lowest BCUT2D eigenvalue weighted by molar-refractivity contribution is 0.768. The number of hydrogen-bond donors (Lipinski definition) is 1. The number of rotatable bonds is 4. The van der Waals surface area contributed by atoms with Crippen molar-refractivity contribution in [2.24, 2.45) is 17.0 Å². The lowest BCUT2D eigenvalue weighted by Gasteiger charge is -2.14. The largest absolute Gasteiger partial charge is 0.345 e. The van der Waals surface area contributed by atoms with Crippen LogP contribution in [0.2, 0.25) is 5.15 Å². The number of nitrogens with one attached hydrogen (secondary N) is 1. The SMILES string of the molecule is Cn1cc(-c2cnc3[nH]cc(C4=NCC(C5(c6ccc(Cl)nc6)CC5)=N4)c3c2)cn1. The summed E-state index contributed by atoms with van der Waals surface area (Å²) < 4.78 is 1.79. The van der Waals surface area contributed by atoms with Crippen LogP contribution < -0.4 is 0 Å². The number of amidine groups is 1. The highest BCUT2D eigenvalue weighted by molar-refractivity contribution is 6.29. The van der Waals surface area contributed by atoms with Gasteiger partial charge in [-0.3, -0.25) is 9.67 Å². The van der Waals surface area contributed by atoms with Crippen LogP contribution in [-0.4, -0.2) is 42.8 Å². The van der Waals surface area contributed by atoms with Gasteiger partial charge in [-0.25, -0.2) is 15.0 Å². The lowest BCUT2D eigenvalue weighted by atomic mass is 9.92. The Morgan fingerprint density at radius 2 is 2.00 bits per heavy atom. The highest BCUT2D eigenvalue weighted by Gasteiger charge is 2.50. The summed E-state index contributed by atoms with van der Waals surface area (Å²) in [6, 6.07) is 6.02. The molecule has 0 spiro atoms. The summed E-state index contributed by atoms with van der Waals surface area (Å²) in [7, 11) is 1.91. The molecule has 0 radical (unpaired) electrons. The molecule has 1 N–H and O–H groups in total. The number of pyridine rings is 2. The number of fused-ring (bicyclic) bond motifs is 1. The van der Waals surface area contributed by atoms with Gasteiger partial charge in [-0.1, -0.05) is 17.7 Å². The zero-order valence-electron chi connectivity index (χ0n) is 16.3. The van der Waals surface area contributed by atoms with Crippen molar-refractivity contribution in [3.63, 3.8) is 0 Å². The van der Waals surface area contributed by atoms with Gasteiger partial charge in [0.05, 0.1) is 18.5 Å². The van der Waals surface area contributed by atoms with E-state index in [1.165, 1.54) is 5.56 Å². The fourth-order valence-corrected chi connectivity index (χ4v) is 4.31. The zero-order chi connectivity index (χ0) is 20.3. The fraction of sp³-hybridized carbons (Fsp3) is 0.227. The number of halogens is 1. The Labute approximate surface area is 177 Å². The molecule has 1 saturated carbocycles. The van der Waals surface area contributed by atoms with Crippen molar-refractivity contribution in [3.8, 4) is 11.1 Å². The maximum atomic E-state index is 5.97. The smallest absolute Gasteiger partial charge is 0.157 e. The second kappa shape index (κ2) is 6.34. The Morgan fingerprint density at radius 3 is 2.73 bits per heavy atom. The first-order valence-electron chi connectivity index (χ1n) is 9.83. The molecule has 0 amide bonds. The molecule has 148 valence electrons. The van der Waals surface area contributed by atoms with Gasteiger partial charge in [0.15, 0.2) is 5.84 Å². The third-order valence-corrected chi connectivity index (χ3v) is 6.24. The predicted molar refractivity (Wildman–Crippen MR) is 117 cm³/mol. The Hall–Kier alpha value is -3.32. The summed E-state index contributed by atoms with van der Waals surface area (Å²) in [5.41, 5.74) is 6.08. The highest BCUT2D eigenvalue weighted by atomic mass is 35.5. The van der Waals surface area contributed by atoms with Crippen molar-refractivity contribution in [2.75, 3.05) is 6.54 Å². The van der Waals surface area contributed by atoms with E-state index in [1.54, 1.807) is 4.68 Å². The summed E-state index contributed by atoms with van der Waals surface area (Å²) in [6.07, 6.45) is 11.6. The lowest BCUT2D eigenvalue weighted by Crippen LogP contribution is -2.22. The number of H-pyrrole nitrogens is 1. The molecule has 1 aliphatic carbocycles. The summed E-state index contributed by atoms with van der Waals surface area (Å²) in [6.45, 7) is 0.611. The predicted octanol–water partition coefficient (Wildman–Crippen LogP) is 3.94. The number of aromatic nitrogens is 5. The maximum Gasteiger partial charge on any atom is 0.157 e. The standard InChI is InChI=1S/C22H18ClN7/c1-30-12-14(8-28-30)13-6-16-17(10-26-20(16)25-7-13)21-27-11-18(29-21)22(4-5-22)15-2-3-19(23)24-9-15/h2-3,6-10,12H,4-5,11H2,1H3,(H,25,26). The zero-order valence-corrected chi connectivity index (χ0v) is 17.1. The number of aryl methyl sites for hydroxylation is 1. The molecule has 1 aliphatic heterocycles. The molecule has 0 aromatic carbocycles. The summed E-state index contributed by atoms with van der Waals surface area (Å²) in [5.74, 6) is 0.759. The fourth-order valence-electron chi connectivity index (χ4n) is 4.20. The molecule has 8 heteroatoms. The van der Waals surface area contributed by atoms with Crippen LogP contribution in [0, 0.1) is 0 Å². The minimum absolute atomic E-state index is 0.0476. The second-order valence-corrected chi connectivity index (χ2v) is 8.26. The molecule has 30 heavy (non-hydrogen) atoms. The number of hydrogen-bond acceptors (Lipinski definition) is 5. The number of aromatic amines is 1. The van der Waals surface area contributed by atoms with Gasteiger partial charge >= 0.3 is 0 Å². The summed E-state index contributed by atoms with van der Waals surface area (Å²) in [5, 5.41) is 5.78. The Kier molecular flexibility index (Phi) is 3.70. The molecule has 4 aromatic heterocycles. The number of aliphatic imine (C=N–C) groups is 2. The molecule has 0 unspecified atom stereocenters. The molecular weight excluding hydrogens is 398 g/mol. The van der Waals surface area contributed by atoms with Gasteiger partial charge in [0.2, 0.25) is 0 Å². The van der Waals surface area contributed by atoms with Crippen LogP contribution in [0.3, 0.4) is 0 Å². The van der Waals surface area contributed by atoms with Crippen molar-refractivity contribution in [1.82, 2.24) is 24.7 Å². The first-order chi connectivity index (χ1) is 14.6. The Balaban J connectivity index is 1.37. The van der Waals surface area contributed by atoms with Crippen molar-refractivity contribution in [2.45, 2.75) is 18.3 Å². The molecule has 1 fully saturated rings. The Bertz CT molecular complexity index is 1340. The minimum Gasteiger partial charge on any atom is -0.345 e. The van der Waals surface area contributed by atoms with Crippen LogP contribution in [0.5, 0.6) is 0 Å². The highest BCUT2D eigenvalue weighted by Crippen LogP contribution is 2.50. The van der Waals surface area contributed by atoms with Gasteiger partial charge in [-0.2, -0.15) is 5.10 Å². The molecule has 4 aromatic rings. The van der Waals surface area contributed by atoms with Crippen LogP contribution in [0.4, 0.5) is 0 Å². The van der Waals surface area contributed by atoms with E-state index in [2.05, 4.69) is 32.2 Å². The van der Waals surface area contributed by atoms with Crippen LogP contribution in [-0.2, 0) is 12.5 Å². The molecule has 0 atom stereocenters. The molecule has 5 heterocycles. The van der Waals surface area contributed by atoms with Gasteiger partial charge in [0, 0.05) is 59.3 Å². The first-order valence-corrected chi connectivity index (χ1v) is 10.2. The van der Waals surface area contributed by atoms with E-state index in [0.29, 0.717) is 11.7 Å². The topological polar surface area (TPSA) is 84.1 Å². The summed E-state index contributed by atoms with van der Waals surface area (Å²) >= 11 is 5.97. The van der Waals surface area contributed by atoms with Gasteiger partial charge in [-0.05, 0) is 30.5 Å². The average molecular weight is 416 g/mol. The monoisotopic (exact) mass is 415 g/mol. The Morgan fingerprint density at radius 1 is 1.10 bits per heavy atom. The van der Waals surface area contributed by atoms with Crippen molar-refractivity contribution < 1.29 is 0 Å². The van der Waals surface area contributed by atoms with E-state index >= 15 is 0 Å². The third kappa shape index (κ3) is 2.69. The molecule has 0 bridgehead atoms. The third-order valence-electron chi connectivity index (χ3n) is 6.01. The maximum absolute atomic E-state index is 5.97. The first kappa shape index (κ1) is 17.5. The van der Waals surface area contributed by atoms with Crippen LogP contribution >= 0.6 is 11.6 Å². The normalized spacial score (nSPS) is 17.3. The number of nitrogens with zero attached hydrogens (tertiary/aromatic N) is 6. The van der Waals surface area contributed by atoms with Gasteiger partial charge < -0.3 is 4.98 Å². The van der Waals surface area contributed by atoms with Crippen molar-refractivity contribution in [3.05, 3.63) is 65.5 Å². The van der Waals surface area contributed by atoms with E-state index in [-0.39, 0.29) is 5.41 Å². The molecule has 7 nitrogen and oxygen atoms in total. The van der Waals surface area contributed by atoms with Gasteiger partial charge in [-0.15, -0.1) is 0 Å². The van der Waals surface area contributed by atoms with Crippen LogP contribution in [0.1, 0.15) is 24.0 Å². The van der Waals surface area contributed by atoms with E-state index in [0.717, 1.165) is 52.1 Å². The van der Waals surface area contributed by atoms with E-state index in [1.807, 2.05) is 44.1 Å². The van der Waals surface area contributed by atoms with Gasteiger partial charge in [0.1, 0.15) is 10.8 Å². The quantitative estimate of drug-likeness (QED) is 0.512. The minimum atomic E-state index is -0.0476. The van der Waals surface area contributed by atoms with E-state index in [9.17, 15) is 0 Å². The van der Waals surface area contributed by atoms with E-state index < -0.39 is 0 Å². The summed E-state index contributed by atoms with van der Waals surface area (Å²) in [4.78, 5) is 21.8. The van der Waals surface area contributed by atoms with Crippen molar-refractivity contribution in [1.29, 1.82) is 0 Å². The average Bonchev–Trinajstić information content (AvgIpc) is 3.10. The molecule has 6 rings (SSSR count). The second-order valence-electron chi connectivity index (χ2n) is 7.88. The van der Waals surface area contributed by atoms with Gasteiger partial charge in [0.25, 0.3) is 0 Å². The molecule has 2 aliphatic rings. The van der Waals surface area contributed by atoms with Crippen molar-refractivity contribution >= 4 is 34.2 Å². The van der Waals surface area contributed by atoms with E-state index in [4.69, 9.17) is 21.6 Å². The van der Waals surface area contributed by atoms with Crippen LogP contribution in [0.25, 0.3) is 22.2 Å².